The molecule has 1 aliphatic rings. The molecule has 0 N–H and O–H groups in total. The molecular weight excluding hydrogens is 256 g/mol. The minimum Gasteiger partial charge on any atom is -0.492 e. The molecule has 1 aromatic carbocycles. The van der Waals surface area contributed by atoms with Crippen molar-refractivity contribution in [1.29, 1.82) is 0 Å². The number of hydrogen-bond donors (Lipinski definition) is 0. The van der Waals surface area contributed by atoms with E-state index < -0.39 is 0 Å². The van der Waals surface area contributed by atoms with Gasteiger partial charge in [-0.2, -0.15) is 0 Å². The van der Waals surface area contributed by atoms with E-state index in [1.165, 1.54) is 12.3 Å². The number of nitroso groups, excluding NO2 is 1. The highest BCUT2D eigenvalue weighted by Crippen LogP contribution is 2.45. The van der Waals surface area contributed by atoms with Gasteiger partial charge in [-0.25, -0.2) is 4.98 Å². The summed E-state index contributed by atoms with van der Waals surface area (Å²) in [5.74, 6) is 2.30. The van der Waals surface area contributed by atoms with E-state index in [0.717, 1.165) is 17.1 Å². The number of benzene rings is 1. The number of rotatable bonds is 3. The summed E-state index contributed by atoms with van der Waals surface area (Å²) in [7, 11) is 0. The third-order valence-corrected chi connectivity index (χ3v) is 3.30. The highest BCUT2D eigenvalue weighted by Gasteiger charge is 2.35. The molecule has 5 nitrogen and oxygen atoms in total. The minimum atomic E-state index is -0.0936. The molecule has 0 radical (unpaired) electrons. The lowest BCUT2D eigenvalue weighted by molar-refractivity contribution is 0.290. The van der Waals surface area contributed by atoms with Crippen LogP contribution >= 0.6 is 0 Å². The zero-order valence-electron chi connectivity index (χ0n) is 11.3. The first-order chi connectivity index (χ1) is 9.60. The smallest absolute Gasteiger partial charge is 0.196 e. The van der Waals surface area contributed by atoms with Gasteiger partial charge in [-0.1, -0.05) is 19.9 Å². The summed E-state index contributed by atoms with van der Waals surface area (Å²) in [4.78, 5) is 14.2. The standard InChI is InChI=1S/C15H14N2O3/c1-15(2)9-19-11-4-3-5-12(14(11)15)20-10-6-7-13(17-18)16-8-10/h3-8H,9H2,1-2H3. The molecule has 0 atom stereocenters. The molecular formula is C15H14N2O3. The van der Waals surface area contributed by atoms with Gasteiger partial charge in [0.1, 0.15) is 17.2 Å². The maximum Gasteiger partial charge on any atom is 0.196 e. The van der Waals surface area contributed by atoms with Gasteiger partial charge >= 0.3 is 0 Å². The van der Waals surface area contributed by atoms with Crippen molar-refractivity contribution in [3.63, 3.8) is 0 Å². The molecule has 0 saturated heterocycles. The van der Waals surface area contributed by atoms with Gasteiger partial charge in [-0.05, 0) is 29.4 Å². The summed E-state index contributed by atoms with van der Waals surface area (Å²) in [5.41, 5.74) is 0.960. The molecule has 0 aliphatic carbocycles. The van der Waals surface area contributed by atoms with E-state index in [1.807, 2.05) is 18.2 Å². The van der Waals surface area contributed by atoms with Gasteiger partial charge in [0.25, 0.3) is 0 Å². The van der Waals surface area contributed by atoms with Gasteiger partial charge in [-0.3, -0.25) is 0 Å². The van der Waals surface area contributed by atoms with Crippen molar-refractivity contribution < 1.29 is 9.47 Å². The Morgan fingerprint density at radius 2 is 2.15 bits per heavy atom. The maximum atomic E-state index is 10.3. The highest BCUT2D eigenvalue weighted by atomic mass is 16.5. The van der Waals surface area contributed by atoms with Crippen molar-refractivity contribution in [1.82, 2.24) is 4.98 Å². The molecule has 2 aromatic rings. The number of nitrogens with zero attached hydrogens (tertiary/aromatic N) is 2. The summed E-state index contributed by atoms with van der Waals surface area (Å²) >= 11 is 0. The number of hydrogen-bond acceptors (Lipinski definition) is 5. The molecule has 3 rings (SSSR count). The van der Waals surface area contributed by atoms with E-state index in [0.29, 0.717) is 12.4 Å². The second kappa shape index (κ2) is 4.59. The predicted octanol–water partition coefficient (Wildman–Crippen LogP) is 3.94. The summed E-state index contributed by atoms with van der Waals surface area (Å²) in [6, 6.07) is 8.93. The molecule has 0 bridgehead atoms. The fourth-order valence-electron chi connectivity index (χ4n) is 2.33. The lowest BCUT2D eigenvalue weighted by Crippen LogP contribution is -2.18. The quantitative estimate of drug-likeness (QED) is 0.792. The van der Waals surface area contributed by atoms with E-state index in [4.69, 9.17) is 9.47 Å². The predicted molar refractivity (Wildman–Crippen MR) is 74.7 cm³/mol. The van der Waals surface area contributed by atoms with E-state index >= 15 is 0 Å². The normalized spacial score (nSPS) is 15.3. The van der Waals surface area contributed by atoms with Gasteiger partial charge in [0.15, 0.2) is 5.82 Å². The van der Waals surface area contributed by atoms with Crippen molar-refractivity contribution in [3.05, 3.63) is 47.0 Å². The van der Waals surface area contributed by atoms with Crippen LogP contribution in [0.2, 0.25) is 0 Å². The minimum absolute atomic E-state index is 0.0936. The topological polar surface area (TPSA) is 60.8 Å². The Morgan fingerprint density at radius 1 is 1.30 bits per heavy atom. The Balaban J connectivity index is 1.95. The van der Waals surface area contributed by atoms with Crippen LogP contribution in [-0.4, -0.2) is 11.6 Å². The van der Waals surface area contributed by atoms with E-state index in [-0.39, 0.29) is 11.2 Å². The van der Waals surface area contributed by atoms with Crippen LogP contribution in [-0.2, 0) is 5.41 Å². The Hall–Kier alpha value is -2.43. The van der Waals surface area contributed by atoms with E-state index in [1.54, 1.807) is 6.07 Å². The van der Waals surface area contributed by atoms with Crippen LogP contribution in [0.25, 0.3) is 0 Å². The van der Waals surface area contributed by atoms with Crippen LogP contribution in [0.5, 0.6) is 17.2 Å². The van der Waals surface area contributed by atoms with Crippen LogP contribution in [0.15, 0.2) is 41.7 Å². The number of fused-ring (bicyclic) bond motifs is 1. The molecule has 0 saturated carbocycles. The van der Waals surface area contributed by atoms with Crippen LogP contribution in [0.1, 0.15) is 19.4 Å². The number of aromatic nitrogens is 1. The first kappa shape index (κ1) is 12.6. The Kier molecular flexibility index (Phi) is 2.89. The lowest BCUT2D eigenvalue weighted by Gasteiger charge is -2.18. The molecule has 2 heterocycles. The van der Waals surface area contributed by atoms with Crippen LogP contribution in [0, 0.1) is 4.91 Å². The van der Waals surface area contributed by atoms with E-state index in [9.17, 15) is 4.91 Å². The number of ether oxygens (including phenoxy) is 2. The van der Waals surface area contributed by atoms with E-state index in [2.05, 4.69) is 24.0 Å². The molecule has 1 aromatic heterocycles. The third kappa shape index (κ3) is 2.11. The molecule has 5 heteroatoms. The zero-order valence-corrected chi connectivity index (χ0v) is 11.3. The van der Waals surface area contributed by atoms with Crippen LogP contribution in [0.4, 0.5) is 5.82 Å². The molecule has 0 fully saturated rings. The Labute approximate surface area is 116 Å². The highest BCUT2D eigenvalue weighted by molar-refractivity contribution is 5.53. The zero-order chi connectivity index (χ0) is 14.2. The average molecular weight is 270 g/mol. The molecule has 20 heavy (non-hydrogen) atoms. The monoisotopic (exact) mass is 270 g/mol. The maximum absolute atomic E-state index is 10.3. The van der Waals surface area contributed by atoms with Gasteiger partial charge in [0, 0.05) is 11.0 Å². The van der Waals surface area contributed by atoms with Crippen LogP contribution in [0.3, 0.4) is 0 Å². The first-order valence-corrected chi connectivity index (χ1v) is 6.34. The van der Waals surface area contributed by atoms with Crippen LogP contribution < -0.4 is 9.47 Å². The SMILES string of the molecule is CC1(C)COc2cccc(Oc3ccc(N=O)nc3)c21. The number of pyridine rings is 1. The fraction of sp³-hybridized carbons (Fsp3) is 0.267. The van der Waals surface area contributed by atoms with Crippen molar-refractivity contribution in [2.45, 2.75) is 19.3 Å². The average Bonchev–Trinajstić information content (AvgIpc) is 2.77. The van der Waals surface area contributed by atoms with Crippen molar-refractivity contribution in [2.75, 3.05) is 6.61 Å². The summed E-state index contributed by atoms with van der Waals surface area (Å²) in [6.07, 6.45) is 1.49. The molecule has 1 aliphatic heterocycles. The van der Waals surface area contributed by atoms with Gasteiger partial charge in [0.05, 0.1) is 12.8 Å². The molecule has 102 valence electrons. The molecule has 0 spiro atoms. The fourth-order valence-corrected chi connectivity index (χ4v) is 2.33. The van der Waals surface area contributed by atoms with Crippen molar-refractivity contribution in [2.24, 2.45) is 5.18 Å². The van der Waals surface area contributed by atoms with Crippen molar-refractivity contribution in [3.8, 4) is 17.2 Å². The summed E-state index contributed by atoms with van der Waals surface area (Å²) in [5, 5.41) is 2.76. The second-order valence-electron chi connectivity index (χ2n) is 5.35. The van der Waals surface area contributed by atoms with Crippen molar-refractivity contribution >= 4 is 5.82 Å². The first-order valence-electron chi connectivity index (χ1n) is 6.34. The molecule has 0 unspecified atom stereocenters. The Morgan fingerprint density at radius 3 is 2.85 bits per heavy atom. The van der Waals surface area contributed by atoms with Gasteiger partial charge in [0.2, 0.25) is 0 Å². The van der Waals surface area contributed by atoms with Gasteiger partial charge in [-0.15, -0.1) is 4.91 Å². The molecule has 0 amide bonds. The second-order valence-corrected chi connectivity index (χ2v) is 5.35. The summed E-state index contributed by atoms with van der Waals surface area (Å²) < 4.78 is 11.5. The lowest BCUT2D eigenvalue weighted by atomic mass is 9.86. The largest absolute Gasteiger partial charge is 0.492 e. The third-order valence-electron chi connectivity index (χ3n) is 3.30. The van der Waals surface area contributed by atoms with Gasteiger partial charge < -0.3 is 9.47 Å². The Bertz CT molecular complexity index is 651. The summed E-state index contributed by atoms with van der Waals surface area (Å²) in [6.45, 7) is 4.86.